The van der Waals surface area contributed by atoms with Crippen LogP contribution >= 0.6 is 0 Å². The fourth-order valence-corrected chi connectivity index (χ4v) is 0.605. The maximum Gasteiger partial charge on any atom is 0.150 e. The molecule has 0 saturated heterocycles. The molecule has 0 N–H and O–H groups in total. The second-order valence-electron chi connectivity index (χ2n) is 1.72. The van der Waals surface area contributed by atoms with Crippen LogP contribution in [-0.2, 0) is 9.59 Å². The van der Waals surface area contributed by atoms with Crippen LogP contribution in [0.1, 0.15) is 27.7 Å². The summed E-state index contributed by atoms with van der Waals surface area (Å²) in [5.41, 5.74) is 0.884. The number of hydrogen-bond acceptors (Lipinski definition) is 2. The number of carbonyl (C=O) groups excluding carboxylic acids is 2. The summed E-state index contributed by atoms with van der Waals surface area (Å²) >= 11 is 0. The molecule has 0 aromatic heterocycles. The minimum Gasteiger partial charge on any atom is -0.298 e. The third kappa shape index (κ3) is 8.84. The third-order valence-electron chi connectivity index (χ3n) is 1.21. The number of halogens is 1. The molecule has 0 aliphatic rings. The zero-order valence-corrected chi connectivity index (χ0v) is 9.50. The molecule has 0 aliphatic heterocycles. The summed E-state index contributed by atoms with van der Waals surface area (Å²) in [5.74, 6) is 0. The Kier molecular flexibility index (Phi) is 23.5. The van der Waals surface area contributed by atoms with Crippen LogP contribution in [0, 0.1) is 0 Å². The molecule has 0 radical (unpaired) electrons. The molecule has 0 amide bonds. The quantitative estimate of drug-likeness (QED) is 0.400. The first-order chi connectivity index (χ1) is 6.79. The minimum absolute atomic E-state index is 0.442. The number of aldehydes is 2. The van der Waals surface area contributed by atoms with Gasteiger partial charge in [-0.05, 0) is 13.8 Å². The van der Waals surface area contributed by atoms with Crippen LogP contribution in [0.4, 0.5) is 4.39 Å². The van der Waals surface area contributed by atoms with Gasteiger partial charge in [0.25, 0.3) is 0 Å². The van der Waals surface area contributed by atoms with Gasteiger partial charge in [-0.2, -0.15) is 0 Å². The van der Waals surface area contributed by atoms with Gasteiger partial charge < -0.3 is 0 Å². The van der Waals surface area contributed by atoms with Gasteiger partial charge >= 0.3 is 0 Å². The van der Waals surface area contributed by atoms with E-state index in [1.54, 1.807) is 26.0 Å². The van der Waals surface area contributed by atoms with Gasteiger partial charge in [0.15, 0.2) is 0 Å². The number of hydrogen-bond donors (Lipinski definition) is 0. The maximum absolute atomic E-state index is 10.2. The first-order valence-electron chi connectivity index (χ1n) is 4.41. The van der Waals surface area contributed by atoms with Crippen LogP contribution in [0.15, 0.2) is 23.3 Å². The van der Waals surface area contributed by atoms with Crippen molar-refractivity contribution in [2.24, 2.45) is 0 Å². The molecule has 0 aromatic carbocycles. The predicted octanol–water partition coefficient (Wildman–Crippen LogP) is 2.89. The molecule has 0 unspecified atom stereocenters. The highest BCUT2D eigenvalue weighted by atomic mass is 19.1. The molecule has 3 heteroatoms. The van der Waals surface area contributed by atoms with Gasteiger partial charge in [0.1, 0.15) is 12.6 Å². The van der Waals surface area contributed by atoms with Crippen LogP contribution in [0.5, 0.6) is 0 Å². The Morgan fingerprint density at radius 1 is 0.857 bits per heavy atom. The SMILES string of the molecule is C/C=C(C=O)\C(C=O)=C/C.CC.CF. The van der Waals surface area contributed by atoms with E-state index in [1.807, 2.05) is 13.8 Å². The lowest BCUT2D eigenvalue weighted by molar-refractivity contribution is -0.107. The summed E-state index contributed by atoms with van der Waals surface area (Å²) in [7, 11) is 0.500. The first kappa shape index (κ1) is 18.5. The van der Waals surface area contributed by atoms with E-state index in [1.165, 1.54) is 0 Å². The zero-order chi connectivity index (χ0) is 12.0. The van der Waals surface area contributed by atoms with Gasteiger partial charge in [0.05, 0.1) is 7.18 Å². The van der Waals surface area contributed by atoms with Gasteiger partial charge in [0.2, 0.25) is 0 Å². The topological polar surface area (TPSA) is 34.1 Å². The lowest BCUT2D eigenvalue weighted by atomic mass is 10.1. The molecular formula is C11H19FO2. The van der Waals surface area contributed by atoms with Crippen molar-refractivity contribution in [1.82, 2.24) is 0 Å². The molecule has 0 rings (SSSR count). The predicted molar refractivity (Wildman–Crippen MR) is 58.0 cm³/mol. The van der Waals surface area contributed by atoms with E-state index in [0.29, 0.717) is 30.9 Å². The Labute approximate surface area is 85.5 Å². The summed E-state index contributed by atoms with van der Waals surface area (Å²) < 4.78 is 9.50. The zero-order valence-electron chi connectivity index (χ0n) is 9.50. The second-order valence-corrected chi connectivity index (χ2v) is 1.72. The van der Waals surface area contributed by atoms with Crippen molar-refractivity contribution in [3.05, 3.63) is 23.3 Å². The first-order valence-corrected chi connectivity index (χ1v) is 4.41. The molecule has 0 heterocycles. The molecule has 0 aromatic rings. The monoisotopic (exact) mass is 202 g/mol. The van der Waals surface area contributed by atoms with Gasteiger partial charge in [-0.1, -0.05) is 26.0 Å². The molecule has 2 nitrogen and oxygen atoms in total. The minimum atomic E-state index is 0.442. The average Bonchev–Trinajstić information content (AvgIpc) is 2.31. The van der Waals surface area contributed by atoms with Crippen molar-refractivity contribution >= 4 is 12.6 Å². The molecule has 0 spiro atoms. The molecule has 0 aliphatic carbocycles. The summed E-state index contributed by atoms with van der Waals surface area (Å²) in [6, 6.07) is 0. The molecule has 0 bridgehead atoms. The fourth-order valence-electron chi connectivity index (χ4n) is 0.605. The highest BCUT2D eigenvalue weighted by Crippen LogP contribution is 2.02. The van der Waals surface area contributed by atoms with E-state index in [-0.39, 0.29) is 0 Å². The van der Waals surface area contributed by atoms with Gasteiger partial charge in [-0.15, -0.1) is 0 Å². The van der Waals surface area contributed by atoms with Gasteiger partial charge in [-0.3, -0.25) is 14.0 Å². The molecule has 0 fully saturated rings. The van der Waals surface area contributed by atoms with E-state index >= 15 is 0 Å². The van der Waals surface area contributed by atoms with E-state index in [0.717, 1.165) is 0 Å². The summed E-state index contributed by atoms with van der Waals surface area (Å²) in [6.07, 6.45) is 4.56. The highest BCUT2D eigenvalue weighted by Gasteiger charge is 1.97. The van der Waals surface area contributed by atoms with Crippen molar-refractivity contribution in [2.75, 3.05) is 7.18 Å². The van der Waals surface area contributed by atoms with E-state index < -0.39 is 0 Å². The molecular weight excluding hydrogens is 183 g/mol. The Balaban J connectivity index is -0.000000266. The summed E-state index contributed by atoms with van der Waals surface area (Å²) in [6.45, 7) is 7.44. The summed E-state index contributed by atoms with van der Waals surface area (Å²) in [5, 5.41) is 0. The Bertz CT molecular complexity index is 171. The van der Waals surface area contributed by atoms with Crippen molar-refractivity contribution in [1.29, 1.82) is 0 Å². The van der Waals surface area contributed by atoms with Gasteiger partial charge in [-0.25, -0.2) is 0 Å². The lowest BCUT2D eigenvalue weighted by Gasteiger charge is -1.92. The lowest BCUT2D eigenvalue weighted by Crippen LogP contribution is -1.91. The molecule has 82 valence electrons. The average molecular weight is 202 g/mol. The van der Waals surface area contributed by atoms with Crippen LogP contribution in [0.25, 0.3) is 0 Å². The fraction of sp³-hybridized carbons (Fsp3) is 0.455. The Hall–Kier alpha value is -1.25. The normalized spacial score (nSPS) is 10.1. The van der Waals surface area contributed by atoms with Crippen molar-refractivity contribution in [2.45, 2.75) is 27.7 Å². The van der Waals surface area contributed by atoms with Gasteiger partial charge in [0, 0.05) is 11.1 Å². The van der Waals surface area contributed by atoms with Crippen LogP contribution < -0.4 is 0 Å². The number of alkyl halides is 1. The standard InChI is InChI=1S/C8H10O2.C2H6.CH3F/c1-3-7(5-9)8(4-2)6-10;2*1-2/h3-6H,1-2H3;1-2H3;1H3/b7-3-,8-4-;;. The van der Waals surface area contributed by atoms with E-state index in [4.69, 9.17) is 0 Å². The smallest absolute Gasteiger partial charge is 0.150 e. The molecule has 14 heavy (non-hydrogen) atoms. The number of rotatable bonds is 3. The molecule has 0 saturated carbocycles. The number of allylic oxidation sites excluding steroid dienone is 4. The Morgan fingerprint density at radius 2 is 1.07 bits per heavy atom. The molecule has 0 atom stereocenters. The summed E-state index contributed by atoms with van der Waals surface area (Å²) in [4.78, 5) is 20.5. The van der Waals surface area contributed by atoms with Crippen LogP contribution in [-0.4, -0.2) is 19.7 Å². The van der Waals surface area contributed by atoms with Crippen molar-refractivity contribution in [3.63, 3.8) is 0 Å². The maximum atomic E-state index is 10.2. The van der Waals surface area contributed by atoms with Crippen molar-refractivity contribution in [3.8, 4) is 0 Å². The van der Waals surface area contributed by atoms with E-state index in [9.17, 15) is 14.0 Å². The third-order valence-corrected chi connectivity index (χ3v) is 1.21. The van der Waals surface area contributed by atoms with E-state index in [2.05, 4.69) is 0 Å². The number of carbonyl (C=O) groups is 2. The largest absolute Gasteiger partial charge is 0.298 e. The van der Waals surface area contributed by atoms with Crippen LogP contribution in [0.3, 0.4) is 0 Å². The van der Waals surface area contributed by atoms with Crippen molar-refractivity contribution < 1.29 is 14.0 Å². The Morgan fingerprint density at radius 3 is 1.14 bits per heavy atom. The van der Waals surface area contributed by atoms with Crippen LogP contribution in [0.2, 0.25) is 0 Å². The highest BCUT2D eigenvalue weighted by molar-refractivity contribution is 5.94. The second kappa shape index (κ2) is 17.7.